The van der Waals surface area contributed by atoms with Gasteiger partial charge in [-0.25, -0.2) is 0 Å². The lowest BCUT2D eigenvalue weighted by atomic mass is 9.87. The molecule has 0 amide bonds. The number of nitrogens with one attached hydrogen (secondary N) is 1. The van der Waals surface area contributed by atoms with Crippen molar-refractivity contribution in [3.05, 3.63) is 29.8 Å². The van der Waals surface area contributed by atoms with E-state index in [1.807, 2.05) is 12.1 Å². The quantitative estimate of drug-likeness (QED) is 0.637. The zero-order chi connectivity index (χ0) is 12.9. The molecule has 0 aliphatic heterocycles. The Bertz CT molecular complexity index is 368. The highest BCUT2D eigenvalue weighted by Gasteiger charge is 2.12. The molecule has 94 valence electrons. The molecule has 0 unspecified atom stereocenters. The van der Waals surface area contributed by atoms with Gasteiger partial charge in [-0.3, -0.25) is 0 Å². The van der Waals surface area contributed by atoms with Gasteiger partial charge in [0.05, 0.1) is 6.54 Å². The maximum atomic E-state index is 5.55. The maximum absolute atomic E-state index is 5.55. The summed E-state index contributed by atoms with van der Waals surface area (Å²) < 4.78 is 5.55. The predicted molar refractivity (Wildman–Crippen MR) is 75.4 cm³/mol. The fourth-order valence-electron chi connectivity index (χ4n) is 1.39. The van der Waals surface area contributed by atoms with Crippen LogP contribution in [-0.2, 0) is 5.41 Å². The van der Waals surface area contributed by atoms with Crippen LogP contribution in [0.3, 0.4) is 0 Å². The summed E-state index contributed by atoms with van der Waals surface area (Å²) in [5.74, 6) is 0.864. The Morgan fingerprint density at radius 1 is 1.29 bits per heavy atom. The zero-order valence-corrected chi connectivity index (χ0v) is 11.4. The zero-order valence-electron chi connectivity index (χ0n) is 10.6. The third-order valence-electron chi connectivity index (χ3n) is 2.39. The van der Waals surface area contributed by atoms with Crippen LogP contribution in [-0.4, -0.2) is 18.3 Å². The van der Waals surface area contributed by atoms with Crippen molar-refractivity contribution in [1.82, 2.24) is 5.32 Å². The van der Waals surface area contributed by atoms with Crippen LogP contribution in [0, 0.1) is 0 Å². The molecule has 0 radical (unpaired) electrons. The molecule has 17 heavy (non-hydrogen) atoms. The summed E-state index contributed by atoms with van der Waals surface area (Å²) in [4.78, 5) is 0. The van der Waals surface area contributed by atoms with Gasteiger partial charge < -0.3 is 15.8 Å². The summed E-state index contributed by atoms with van der Waals surface area (Å²) >= 11 is 4.69. The second kappa shape index (κ2) is 5.87. The van der Waals surface area contributed by atoms with Gasteiger partial charge in [-0.2, -0.15) is 0 Å². The van der Waals surface area contributed by atoms with Gasteiger partial charge in [0.2, 0.25) is 0 Å². The number of hydrogen-bond acceptors (Lipinski definition) is 2. The van der Waals surface area contributed by atoms with E-state index in [9.17, 15) is 0 Å². The van der Waals surface area contributed by atoms with Crippen LogP contribution in [0.2, 0.25) is 0 Å². The second-order valence-electron chi connectivity index (χ2n) is 4.91. The van der Waals surface area contributed by atoms with Gasteiger partial charge >= 0.3 is 0 Å². The molecule has 0 fully saturated rings. The molecule has 1 aromatic rings. The van der Waals surface area contributed by atoms with Crippen LogP contribution >= 0.6 is 12.2 Å². The minimum atomic E-state index is 0.172. The molecule has 0 aliphatic rings. The molecule has 0 heterocycles. The first-order chi connectivity index (χ1) is 7.89. The van der Waals surface area contributed by atoms with Gasteiger partial charge in [0, 0.05) is 0 Å². The van der Waals surface area contributed by atoms with Gasteiger partial charge in [-0.15, -0.1) is 0 Å². The molecule has 4 heteroatoms. The van der Waals surface area contributed by atoms with Crippen molar-refractivity contribution in [2.45, 2.75) is 26.2 Å². The Morgan fingerprint density at radius 2 is 1.88 bits per heavy atom. The first-order valence-electron chi connectivity index (χ1n) is 5.66. The summed E-state index contributed by atoms with van der Waals surface area (Å²) in [5, 5.41) is 3.14. The first kappa shape index (κ1) is 13.8. The number of thiocarbonyl (C=S) groups is 1. The van der Waals surface area contributed by atoms with E-state index >= 15 is 0 Å². The Morgan fingerprint density at radius 3 is 2.35 bits per heavy atom. The fraction of sp³-hybridized carbons (Fsp3) is 0.462. The van der Waals surface area contributed by atoms with Gasteiger partial charge in [0.15, 0.2) is 5.11 Å². The normalized spacial score (nSPS) is 11.0. The largest absolute Gasteiger partial charge is 0.492 e. The number of rotatable bonds is 4. The first-order valence-corrected chi connectivity index (χ1v) is 6.07. The summed E-state index contributed by atoms with van der Waals surface area (Å²) in [5.41, 5.74) is 6.77. The minimum Gasteiger partial charge on any atom is -0.492 e. The molecule has 0 aliphatic carbocycles. The third-order valence-corrected chi connectivity index (χ3v) is 2.53. The Labute approximate surface area is 108 Å². The average molecular weight is 252 g/mol. The van der Waals surface area contributed by atoms with E-state index in [-0.39, 0.29) is 5.41 Å². The van der Waals surface area contributed by atoms with Crippen molar-refractivity contribution in [2.75, 3.05) is 13.2 Å². The molecule has 0 bridgehead atoms. The lowest BCUT2D eigenvalue weighted by Gasteiger charge is -2.19. The van der Waals surface area contributed by atoms with E-state index in [0.717, 1.165) is 5.75 Å². The molecular formula is C13H20N2OS. The molecule has 0 atom stereocenters. The highest BCUT2D eigenvalue weighted by molar-refractivity contribution is 7.80. The van der Waals surface area contributed by atoms with Crippen molar-refractivity contribution < 1.29 is 4.74 Å². The fourth-order valence-corrected chi connectivity index (χ4v) is 1.50. The molecule has 0 aromatic heterocycles. The van der Waals surface area contributed by atoms with Crippen LogP contribution < -0.4 is 15.8 Å². The summed E-state index contributed by atoms with van der Waals surface area (Å²) in [7, 11) is 0. The van der Waals surface area contributed by atoms with E-state index in [0.29, 0.717) is 18.3 Å². The standard InChI is InChI=1S/C13H20N2OS/c1-13(2,3)10-4-6-11(7-5-10)16-9-8-15-12(14)17/h4-7H,8-9H2,1-3H3,(H3,14,15,17). The number of ether oxygens (including phenoxy) is 1. The smallest absolute Gasteiger partial charge is 0.163 e. The molecule has 0 spiro atoms. The number of hydrogen-bond donors (Lipinski definition) is 2. The lowest BCUT2D eigenvalue weighted by Crippen LogP contribution is -2.32. The summed E-state index contributed by atoms with van der Waals surface area (Å²) in [6.45, 7) is 7.74. The minimum absolute atomic E-state index is 0.172. The van der Waals surface area contributed by atoms with E-state index in [4.69, 9.17) is 22.7 Å². The molecule has 1 rings (SSSR count). The van der Waals surface area contributed by atoms with Crippen LogP contribution in [0.25, 0.3) is 0 Å². The van der Waals surface area contributed by atoms with Crippen LogP contribution in [0.15, 0.2) is 24.3 Å². The Hall–Kier alpha value is -1.29. The molecule has 1 aromatic carbocycles. The highest BCUT2D eigenvalue weighted by atomic mass is 32.1. The van der Waals surface area contributed by atoms with Gasteiger partial charge in [-0.05, 0) is 35.3 Å². The molecule has 0 saturated carbocycles. The third kappa shape index (κ3) is 5.04. The topological polar surface area (TPSA) is 47.3 Å². The Balaban J connectivity index is 2.43. The maximum Gasteiger partial charge on any atom is 0.163 e. The summed E-state index contributed by atoms with van der Waals surface area (Å²) in [6, 6.07) is 8.16. The number of benzene rings is 1. The predicted octanol–water partition coefficient (Wildman–Crippen LogP) is 2.20. The molecule has 0 saturated heterocycles. The monoisotopic (exact) mass is 252 g/mol. The average Bonchev–Trinajstić information content (AvgIpc) is 2.23. The second-order valence-corrected chi connectivity index (χ2v) is 5.35. The number of nitrogens with two attached hydrogens (primary N) is 1. The van der Waals surface area contributed by atoms with Crippen molar-refractivity contribution >= 4 is 17.3 Å². The molecule has 3 nitrogen and oxygen atoms in total. The van der Waals surface area contributed by atoms with Crippen molar-refractivity contribution in [1.29, 1.82) is 0 Å². The van der Waals surface area contributed by atoms with Gasteiger partial charge in [0.1, 0.15) is 12.4 Å². The SMILES string of the molecule is CC(C)(C)c1ccc(OCCNC(N)=S)cc1. The molecule has 3 N–H and O–H groups in total. The highest BCUT2D eigenvalue weighted by Crippen LogP contribution is 2.24. The van der Waals surface area contributed by atoms with Gasteiger partial charge in [0.25, 0.3) is 0 Å². The van der Waals surface area contributed by atoms with E-state index in [1.54, 1.807) is 0 Å². The van der Waals surface area contributed by atoms with Crippen LogP contribution in [0.5, 0.6) is 5.75 Å². The van der Waals surface area contributed by atoms with E-state index in [1.165, 1.54) is 5.56 Å². The lowest BCUT2D eigenvalue weighted by molar-refractivity contribution is 0.322. The van der Waals surface area contributed by atoms with E-state index in [2.05, 4.69) is 38.2 Å². The Kier molecular flexibility index (Phi) is 4.75. The summed E-state index contributed by atoms with van der Waals surface area (Å²) in [6.07, 6.45) is 0. The van der Waals surface area contributed by atoms with Crippen molar-refractivity contribution in [3.63, 3.8) is 0 Å². The van der Waals surface area contributed by atoms with Crippen LogP contribution in [0.4, 0.5) is 0 Å². The van der Waals surface area contributed by atoms with Crippen molar-refractivity contribution in [3.8, 4) is 5.75 Å². The van der Waals surface area contributed by atoms with E-state index < -0.39 is 0 Å². The van der Waals surface area contributed by atoms with Crippen LogP contribution in [0.1, 0.15) is 26.3 Å². The molecular weight excluding hydrogens is 232 g/mol. The van der Waals surface area contributed by atoms with Crippen molar-refractivity contribution in [2.24, 2.45) is 5.73 Å². The van der Waals surface area contributed by atoms with Gasteiger partial charge in [-0.1, -0.05) is 32.9 Å².